The van der Waals surface area contributed by atoms with E-state index in [9.17, 15) is 4.79 Å². The Morgan fingerprint density at radius 2 is 2.14 bits per heavy atom. The molecule has 1 rings (SSSR count). The van der Waals surface area contributed by atoms with Crippen molar-refractivity contribution in [3.8, 4) is 0 Å². The molecule has 1 unspecified atom stereocenters. The number of carbonyl (C=O) groups is 1. The van der Waals surface area contributed by atoms with E-state index in [1.807, 2.05) is 31.2 Å². The van der Waals surface area contributed by atoms with Crippen molar-refractivity contribution in [3.05, 3.63) is 47.5 Å². The predicted molar refractivity (Wildman–Crippen MR) is 54.9 cm³/mol. The van der Waals surface area contributed by atoms with Gasteiger partial charge in [-0.05, 0) is 18.1 Å². The van der Waals surface area contributed by atoms with Gasteiger partial charge < -0.3 is 10.8 Å². The Morgan fingerprint density at radius 1 is 1.50 bits per heavy atom. The average molecular weight is 191 g/mol. The maximum absolute atomic E-state index is 10.3. The van der Waals surface area contributed by atoms with Crippen molar-refractivity contribution in [2.75, 3.05) is 0 Å². The standard InChI is InChI=1S/C11H13NO2/c1-8-4-2-3-5-9(8)10(12)6-7-11(13)14/h2-7,10H,12H2,1H3,(H,13,14)/b7-6+. The molecule has 0 bridgehead atoms. The highest BCUT2D eigenvalue weighted by molar-refractivity contribution is 5.79. The maximum atomic E-state index is 10.3. The molecule has 3 N–H and O–H groups in total. The minimum Gasteiger partial charge on any atom is -0.478 e. The zero-order valence-corrected chi connectivity index (χ0v) is 7.97. The first-order valence-electron chi connectivity index (χ1n) is 4.33. The normalized spacial score (nSPS) is 13.0. The van der Waals surface area contributed by atoms with Gasteiger partial charge in [-0.2, -0.15) is 0 Å². The Labute approximate surface area is 82.9 Å². The fourth-order valence-corrected chi connectivity index (χ4v) is 1.25. The minimum absolute atomic E-state index is 0.354. The summed E-state index contributed by atoms with van der Waals surface area (Å²) in [6.45, 7) is 1.95. The summed E-state index contributed by atoms with van der Waals surface area (Å²) in [7, 11) is 0. The van der Waals surface area contributed by atoms with Crippen LogP contribution in [0.25, 0.3) is 0 Å². The summed E-state index contributed by atoms with van der Waals surface area (Å²) in [5, 5.41) is 8.44. The summed E-state index contributed by atoms with van der Waals surface area (Å²) in [6, 6.07) is 7.30. The van der Waals surface area contributed by atoms with Crippen LogP contribution in [0.2, 0.25) is 0 Å². The molecule has 3 heteroatoms. The molecule has 0 saturated carbocycles. The second-order valence-corrected chi connectivity index (χ2v) is 3.08. The summed E-state index contributed by atoms with van der Waals surface area (Å²) in [6.07, 6.45) is 2.54. The van der Waals surface area contributed by atoms with E-state index >= 15 is 0 Å². The van der Waals surface area contributed by atoms with Crippen LogP contribution in [0.4, 0.5) is 0 Å². The van der Waals surface area contributed by atoms with E-state index in [1.54, 1.807) is 0 Å². The molecule has 1 aromatic carbocycles. The van der Waals surface area contributed by atoms with E-state index < -0.39 is 5.97 Å². The van der Waals surface area contributed by atoms with Gasteiger partial charge in [-0.15, -0.1) is 0 Å². The van der Waals surface area contributed by atoms with E-state index in [2.05, 4.69) is 0 Å². The second kappa shape index (κ2) is 4.58. The molecule has 0 radical (unpaired) electrons. The molecule has 0 fully saturated rings. The highest BCUT2D eigenvalue weighted by atomic mass is 16.4. The fourth-order valence-electron chi connectivity index (χ4n) is 1.25. The lowest BCUT2D eigenvalue weighted by Crippen LogP contribution is -2.09. The highest BCUT2D eigenvalue weighted by Crippen LogP contribution is 2.15. The van der Waals surface area contributed by atoms with Crippen molar-refractivity contribution in [2.24, 2.45) is 5.73 Å². The minimum atomic E-state index is -0.978. The quantitative estimate of drug-likeness (QED) is 0.714. The molecule has 14 heavy (non-hydrogen) atoms. The second-order valence-electron chi connectivity index (χ2n) is 3.08. The highest BCUT2D eigenvalue weighted by Gasteiger charge is 2.04. The van der Waals surface area contributed by atoms with Gasteiger partial charge in [0.15, 0.2) is 0 Å². The van der Waals surface area contributed by atoms with Gasteiger partial charge in [-0.3, -0.25) is 0 Å². The molecule has 0 aliphatic rings. The lowest BCUT2D eigenvalue weighted by molar-refractivity contribution is -0.131. The van der Waals surface area contributed by atoms with Crippen molar-refractivity contribution in [1.82, 2.24) is 0 Å². The molecule has 0 saturated heterocycles. The third-order valence-corrected chi connectivity index (χ3v) is 1.99. The number of benzene rings is 1. The topological polar surface area (TPSA) is 63.3 Å². The molecule has 1 aromatic rings. The first kappa shape index (κ1) is 10.5. The molecule has 0 aliphatic heterocycles. The predicted octanol–water partition coefficient (Wildman–Crippen LogP) is 1.64. The van der Waals surface area contributed by atoms with Crippen LogP contribution < -0.4 is 5.73 Å². The summed E-state index contributed by atoms with van der Waals surface area (Å²) < 4.78 is 0. The molecular formula is C11H13NO2. The Morgan fingerprint density at radius 3 is 2.71 bits per heavy atom. The van der Waals surface area contributed by atoms with Crippen LogP contribution in [0, 0.1) is 6.92 Å². The Balaban J connectivity index is 2.84. The van der Waals surface area contributed by atoms with Gasteiger partial charge >= 0.3 is 5.97 Å². The molecular weight excluding hydrogens is 178 g/mol. The van der Waals surface area contributed by atoms with Crippen LogP contribution in [0.3, 0.4) is 0 Å². The van der Waals surface area contributed by atoms with Gasteiger partial charge in [-0.1, -0.05) is 30.3 Å². The summed E-state index contributed by atoms with van der Waals surface area (Å²) >= 11 is 0. The van der Waals surface area contributed by atoms with Crippen molar-refractivity contribution < 1.29 is 9.90 Å². The van der Waals surface area contributed by atoms with Crippen molar-refractivity contribution >= 4 is 5.97 Å². The Kier molecular flexibility index (Phi) is 3.42. The zero-order chi connectivity index (χ0) is 10.6. The molecule has 1 atom stereocenters. The van der Waals surface area contributed by atoms with Gasteiger partial charge in [0, 0.05) is 12.1 Å². The van der Waals surface area contributed by atoms with E-state index in [4.69, 9.17) is 10.8 Å². The van der Waals surface area contributed by atoms with Crippen LogP contribution in [0.5, 0.6) is 0 Å². The first-order valence-corrected chi connectivity index (χ1v) is 4.33. The number of carboxylic acid groups (broad SMARTS) is 1. The molecule has 0 amide bonds. The number of hydrogen-bond donors (Lipinski definition) is 2. The van der Waals surface area contributed by atoms with E-state index in [1.165, 1.54) is 6.08 Å². The third kappa shape index (κ3) is 2.71. The lowest BCUT2D eigenvalue weighted by Gasteiger charge is -2.09. The van der Waals surface area contributed by atoms with E-state index in [0.29, 0.717) is 0 Å². The van der Waals surface area contributed by atoms with Gasteiger partial charge in [0.2, 0.25) is 0 Å². The fraction of sp³-hybridized carbons (Fsp3) is 0.182. The van der Waals surface area contributed by atoms with Crippen molar-refractivity contribution in [2.45, 2.75) is 13.0 Å². The number of aliphatic carboxylic acids is 1. The van der Waals surface area contributed by atoms with Crippen molar-refractivity contribution in [3.63, 3.8) is 0 Å². The van der Waals surface area contributed by atoms with Crippen LogP contribution in [-0.4, -0.2) is 11.1 Å². The van der Waals surface area contributed by atoms with Crippen LogP contribution in [0.1, 0.15) is 17.2 Å². The molecule has 3 nitrogen and oxygen atoms in total. The molecule has 0 heterocycles. The number of aryl methyl sites for hydroxylation is 1. The van der Waals surface area contributed by atoms with Gasteiger partial charge in [0.1, 0.15) is 0 Å². The Hall–Kier alpha value is -1.61. The monoisotopic (exact) mass is 191 g/mol. The summed E-state index contributed by atoms with van der Waals surface area (Å²) in [5.41, 5.74) is 7.81. The van der Waals surface area contributed by atoms with Crippen LogP contribution in [0.15, 0.2) is 36.4 Å². The van der Waals surface area contributed by atoms with Crippen LogP contribution >= 0.6 is 0 Å². The average Bonchev–Trinajstić information content (AvgIpc) is 2.15. The van der Waals surface area contributed by atoms with E-state index in [0.717, 1.165) is 17.2 Å². The third-order valence-electron chi connectivity index (χ3n) is 1.99. The number of carboxylic acids is 1. The number of rotatable bonds is 3. The summed E-state index contributed by atoms with van der Waals surface area (Å²) in [4.78, 5) is 10.3. The SMILES string of the molecule is Cc1ccccc1C(N)/C=C/C(=O)O. The molecule has 0 aromatic heterocycles. The molecule has 0 aliphatic carbocycles. The lowest BCUT2D eigenvalue weighted by atomic mass is 10.0. The zero-order valence-electron chi connectivity index (χ0n) is 7.97. The van der Waals surface area contributed by atoms with Gasteiger partial charge in [0.05, 0.1) is 0 Å². The van der Waals surface area contributed by atoms with Crippen molar-refractivity contribution in [1.29, 1.82) is 0 Å². The van der Waals surface area contributed by atoms with Crippen LogP contribution in [-0.2, 0) is 4.79 Å². The largest absolute Gasteiger partial charge is 0.478 e. The smallest absolute Gasteiger partial charge is 0.328 e. The number of nitrogens with two attached hydrogens (primary N) is 1. The first-order chi connectivity index (χ1) is 6.61. The van der Waals surface area contributed by atoms with Gasteiger partial charge in [0.25, 0.3) is 0 Å². The molecule has 0 spiro atoms. The van der Waals surface area contributed by atoms with E-state index in [-0.39, 0.29) is 6.04 Å². The maximum Gasteiger partial charge on any atom is 0.328 e. The van der Waals surface area contributed by atoms with Gasteiger partial charge in [-0.25, -0.2) is 4.79 Å². The summed E-state index contributed by atoms with van der Waals surface area (Å²) in [5.74, 6) is -0.978. The number of hydrogen-bond acceptors (Lipinski definition) is 2. The Bertz CT molecular complexity index is 358. The molecule has 74 valence electrons.